The van der Waals surface area contributed by atoms with E-state index in [1.54, 1.807) is 13.2 Å². The van der Waals surface area contributed by atoms with Gasteiger partial charge in [-0.3, -0.25) is 4.90 Å². The van der Waals surface area contributed by atoms with E-state index >= 15 is 0 Å². The fourth-order valence-corrected chi connectivity index (χ4v) is 2.24. The van der Waals surface area contributed by atoms with E-state index in [0.717, 1.165) is 11.0 Å². The van der Waals surface area contributed by atoms with Gasteiger partial charge < -0.3 is 10.1 Å². The second kappa shape index (κ2) is 7.65. The maximum absolute atomic E-state index is 5.73. The first-order valence-electron chi connectivity index (χ1n) is 6.54. The monoisotopic (exact) mass is 330 g/mol. The minimum Gasteiger partial charge on any atom is -0.475 e. The zero-order chi connectivity index (χ0) is 14.4. The summed E-state index contributed by atoms with van der Waals surface area (Å²) in [6.07, 6.45) is 1.69. The van der Waals surface area contributed by atoms with Gasteiger partial charge in [-0.1, -0.05) is 0 Å². The third-order valence-corrected chi connectivity index (χ3v) is 3.39. The predicted octanol–water partition coefficient (Wildman–Crippen LogP) is 2.78. The van der Waals surface area contributed by atoms with Crippen LogP contribution in [-0.2, 0) is 0 Å². The van der Waals surface area contributed by atoms with Crippen molar-refractivity contribution in [3.63, 3.8) is 0 Å². The van der Waals surface area contributed by atoms with Gasteiger partial charge in [-0.05, 0) is 43.6 Å². The minimum atomic E-state index is 0.505. The molecule has 0 amide bonds. The van der Waals surface area contributed by atoms with Gasteiger partial charge in [-0.15, -0.1) is 0 Å². The second-order valence-electron chi connectivity index (χ2n) is 4.87. The number of hydrogen-bond acceptors (Lipinski definition) is 5. The Kier molecular flexibility index (Phi) is 6.51. The van der Waals surface area contributed by atoms with Crippen LogP contribution < -0.4 is 10.1 Å². The zero-order valence-electron chi connectivity index (χ0n) is 12.3. The molecule has 0 saturated carbocycles. The Bertz CT molecular complexity index is 390. The number of nitrogens with zero attached hydrogens (tertiary/aromatic N) is 3. The van der Waals surface area contributed by atoms with Gasteiger partial charge >= 0.3 is 0 Å². The molecule has 0 aromatic carbocycles. The van der Waals surface area contributed by atoms with E-state index in [-0.39, 0.29) is 0 Å². The number of ether oxygens (including phenoxy) is 1. The van der Waals surface area contributed by atoms with E-state index in [1.165, 1.54) is 0 Å². The molecule has 0 aliphatic rings. The van der Waals surface area contributed by atoms with Crippen molar-refractivity contribution in [3.05, 3.63) is 10.7 Å². The summed E-state index contributed by atoms with van der Waals surface area (Å²) < 4.78 is 6.50. The highest BCUT2D eigenvalue weighted by Crippen LogP contribution is 2.22. The molecule has 1 heterocycles. The highest BCUT2D eigenvalue weighted by atomic mass is 79.9. The van der Waals surface area contributed by atoms with E-state index in [0.29, 0.717) is 30.5 Å². The largest absolute Gasteiger partial charge is 0.475 e. The molecule has 1 rings (SSSR count). The van der Waals surface area contributed by atoms with Crippen LogP contribution in [0.1, 0.15) is 27.7 Å². The Morgan fingerprint density at radius 1 is 1.32 bits per heavy atom. The van der Waals surface area contributed by atoms with Crippen molar-refractivity contribution in [2.45, 2.75) is 39.8 Å². The third-order valence-electron chi connectivity index (χ3n) is 2.85. The van der Waals surface area contributed by atoms with Gasteiger partial charge in [0, 0.05) is 25.7 Å². The molecular weight excluding hydrogens is 308 g/mol. The molecule has 0 bridgehead atoms. The maximum atomic E-state index is 5.73. The SMILES string of the molecule is CNc1ncc(Br)c(OCCN(C(C)C)C(C)C)n1. The van der Waals surface area contributed by atoms with Crippen LogP contribution in [0.5, 0.6) is 5.88 Å². The molecule has 0 atom stereocenters. The van der Waals surface area contributed by atoms with Crippen LogP contribution in [0.2, 0.25) is 0 Å². The highest BCUT2D eigenvalue weighted by molar-refractivity contribution is 9.10. The summed E-state index contributed by atoms with van der Waals surface area (Å²) in [5.74, 6) is 1.13. The van der Waals surface area contributed by atoms with E-state index in [9.17, 15) is 0 Å². The van der Waals surface area contributed by atoms with Gasteiger partial charge in [0.25, 0.3) is 0 Å². The smallest absolute Gasteiger partial charge is 0.232 e. The van der Waals surface area contributed by atoms with Crippen LogP contribution in [0, 0.1) is 0 Å². The number of nitrogens with one attached hydrogen (secondary N) is 1. The van der Waals surface area contributed by atoms with E-state index in [1.807, 2.05) is 0 Å². The van der Waals surface area contributed by atoms with Crippen LogP contribution in [0.25, 0.3) is 0 Å². The molecule has 0 aliphatic heterocycles. The highest BCUT2D eigenvalue weighted by Gasteiger charge is 2.13. The standard InChI is InChI=1S/C13H23BrN4O/c1-9(2)18(10(3)4)6-7-19-12-11(14)8-16-13(15-5)17-12/h8-10H,6-7H2,1-5H3,(H,15,16,17). The van der Waals surface area contributed by atoms with Gasteiger partial charge in [0.2, 0.25) is 11.8 Å². The molecule has 19 heavy (non-hydrogen) atoms. The fraction of sp³-hybridized carbons (Fsp3) is 0.692. The topological polar surface area (TPSA) is 50.3 Å². The normalized spacial score (nSPS) is 11.4. The van der Waals surface area contributed by atoms with Gasteiger partial charge in [0.05, 0.1) is 10.7 Å². The number of aromatic nitrogens is 2. The molecule has 0 saturated heterocycles. The van der Waals surface area contributed by atoms with E-state index in [2.05, 4.69) is 63.8 Å². The molecule has 0 aliphatic carbocycles. The first-order chi connectivity index (χ1) is 8.95. The first-order valence-corrected chi connectivity index (χ1v) is 7.33. The van der Waals surface area contributed by atoms with Gasteiger partial charge in [-0.2, -0.15) is 4.98 Å². The molecule has 0 unspecified atom stereocenters. The summed E-state index contributed by atoms with van der Waals surface area (Å²) in [4.78, 5) is 10.7. The quantitative estimate of drug-likeness (QED) is 0.833. The number of hydrogen-bond donors (Lipinski definition) is 1. The number of halogens is 1. The summed E-state index contributed by atoms with van der Waals surface area (Å²) in [6, 6.07) is 1.01. The van der Waals surface area contributed by atoms with Gasteiger partial charge in [-0.25, -0.2) is 4.98 Å². The third kappa shape index (κ3) is 4.95. The molecule has 6 heteroatoms. The average molecular weight is 331 g/mol. The lowest BCUT2D eigenvalue weighted by molar-refractivity contribution is 0.140. The molecule has 1 aromatic heterocycles. The van der Waals surface area contributed by atoms with Crippen LogP contribution in [0.4, 0.5) is 5.95 Å². The molecule has 5 nitrogen and oxygen atoms in total. The summed E-state index contributed by atoms with van der Waals surface area (Å²) in [5, 5.41) is 2.90. The van der Waals surface area contributed by atoms with Gasteiger partial charge in [0.1, 0.15) is 6.61 Å². The lowest BCUT2D eigenvalue weighted by Gasteiger charge is -2.30. The minimum absolute atomic E-state index is 0.505. The van der Waals surface area contributed by atoms with Crippen molar-refractivity contribution < 1.29 is 4.74 Å². The van der Waals surface area contributed by atoms with Crippen molar-refractivity contribution in [3.8, 4) is 5.88 Å². The Morgan fingerprint density at radius 3 is 2.47 bits per heavy atom. The van der Waals surface area contributed by atoms with Gasteiger partial charge in [0.15, 0.2) is 0 Å². The molecule has 0 fully saturated rings. The van der Waals surface area contributed by atoms with Crippen molar-refractivity contribution in [1.29, 1.82) is 0 Å². The number of rotatable bonds is 7. The average Bonchev–Trinajstić information content (AvgIpc) is 2.35. The van der Waals surface area contributed by atoms with Crippen molar-refractivity contribution in [2.75, 3.05) is 25.5 Å². The molecule has 0 spiro atoms. The van der Waals surface area contributed by atoms with E-state index in [4.69, 9.17) is 4.74 Å². The molecule has 0 radical (unpaired) electrons. The lowest BCUT2D eigenvalue weighted by atomic mass is 10.2. The van der Waals surface area contributed by atoms with E-state index < -0.39 is 0 Å². The Balaban J connectivity index is 2.57. The molecule has 108 valence electrons. The van der Waals surface area contributed by atoms with Crippen molar-refractivity contribution >= 4 is 21.9 Å². The zero-order valence-corrected chi connectivity index (χ0v) is 13.9. The summed E-state index contributed by atoms with van der Waals surface area (Å²) >= 11 is 3.39. The van der Waals surface area contributed by atoms with Crippen molar-refractivity contribution in [2.24, 2.45) is 0 Å². The Labute approximate surface area is 123 Å². The van der Waals surface area contributed by atoms with Crippen LogP contribution >= 0.6 is 15.9 Å². The number of anilines is 1. The second-order valence-corrected chi connectivity index (χ2v) is 5.72. The van der Waals surface area contributed by atoms with Crippen LogP contribution in [0.3, 0.4) is 0 Å². The first kappa shape index (κ1) is 16.2. The molecule has 1 N–H and O–H groups in total. The summed E-state index contributed by atoms with van der Waals surface area (Å²) in [7, 11) is 1.78. The maximum Gasteiger partial charge on any atom is 0.232 e. The summed E-state index contributed by atoms with van der Waals surface area (Å²) in [5.41, 5.74) is 0. The van der Waals surface area contributed by atoms with Crippen LogP contribution in [0.15, 0.2) is 10.7 Å². The Hall–Kier alpha value is -0.880. The Morgan fingerprint density at radius 2 is 1.95 bits per heavy atom. The predicted molar refractivity (Wildman–Crippen MR) is 81.8 cm³/mol. The lowest BCUT2D eigenvalue weighted by Crippen LogP contribution is -2.39. The molecular formula is C13H23BrN4O. The molecule has 1 aromatic rings. The fourth-order valence-electron chi connectivity index (χ4n) is 1.93. The summed E-state index contributed by atoms with van der Waals surface area (Å²) in [6.45, 7) is 10.3. The van der Waals surface area contributed by atoms with Crippen molar-refractivity contribution in [1.82, 2.24) is 14.9 Å². The van der Waals surface area contributed by atoms with Crippen LogP contribution in [-0.4, -0.2) is 47.2 Å².